The molecule has 178 valence electrons. The Morgan fingerprint density at radius 2 is 1.53 bits per heavy atom. The Hall–Kier alpha value is -3.08. The fourth-order valence-corrected chi connectivity index (χ4v) is 6.96. The minimum absolute atomic E-state index is 0.111. The van der Waals surface area contributed by atoms with Gasteiger partial charge in [0.15, 0.2) is 0 Å². The number of esters is 2. The van der Waals surface area contributed by atoms with Crippen LogP contribution >= 0.6 is 0 Å². The fourth-order valence-electron chi connectivity index (χ4n) is 6.96. The summed E-state index contributed by atoms with van der Waals surface area (Å²) in [5, 5.41) is 0. The minimum atomic E-state index is -0.434. The molecule has 5 nitrogen and oxygen atoms in total. The van der Waals surface area contributed by atoms with Gasteiger partial charge < -0.3 is 14.2 Å². The lowest BCUT2D eigenvalue weighted by atomic mass is 9.48. The number of ether oxygens (including phenoxy) is 3. The summed E-state index contributed by atoms with van der Waals surface area (Å²) in [4.78, 5) is 25.2. The SMILES string of the molecule is C=CCOC(=O)c1ccc(OC(=O)c2ccc(OC)c(C34CC5CC(CC(C5)C3)C4)c2)c(C)c1. The second-order valence-corrected chi connectivity index (χ2v) is 10.4. The first-order valence-corrected chi connectivity index (χ1v) is 12.2. The lowest BCUT2D eigenvalue weighted by molar-refractivity contribution is -0.00618. The van der Waals surface area contributed by atoms with Crippen molar-refractivity contribution in [3.05, 3.63) is 71.3 Å². The molecule has 0 radical (unpaired) electrons. The number of rotatable bonds is 7. The molecule has 2 aromatic carbocycles. The number of carbonyl (C=O) groups excluding carboxylic acids is 2. The van der Waals surface area contributed by atoms with Crippen molar-refractivity contribution >= 4 is 11.9 Å². The Morgan fingerprint density at radius 3 is 2.09 bits per heavy atom. The van der Waals surface area contributed by atoms with Crippen molar-refractivity contribution < 1.29 is 23.8 Å². The van der Waals surface area contributed by atoms with E-state index >= 15 is 0 Å². The van der Waals surface area contributed by atoms with Crippen LogP contribution in [-0.4, -0.2) is 25.7 Å². The van der Waals surface area contributed by atoms with Crippen LogP contribution in [0.25, 0.3) is 0 Å². The van der Waals surface area contributed by atoms with Gasteiger partial charge in [-0.05, 0) is 111 Å². The maximum absolute atomic E-state index is 13.1. The number of benzene rings is 2. The smallest absolute Gasteiger partial charge is 0.343 e. The van der Waals surface area contributed by atoms with Crippen molar-refractivity contribution in [3.63, 3.8) is 0 Å². The molecule has 0 spiro atoms. The van der Waals surface area contributed by atoms with Crippen molar-refractivity contribution in [1.29, 1.82) is 0 Å². The summed E-state index contributed by atoms with van der Waals surface area (Å²) in [6.07, 6.45) is 9.18. The van der Waals surface area contributed by atoms with Crippen LogP contribution in [0.2, 0.25) is 0 Å². The van der Waals surface area contributed by atoms with Gasteiger partial charge in [0.1, 0.15) is 18.1 Å². The molecule has 0 saturated heterocycles. The Kier molecular flexibility index (Phi) is 5.97. The standard InChI is InChI=1S/C29H32O5/c1-4-9-33-27(30)22-5-7-25(18(2)10-22)34-28(31)23-6-8-26(32-3)24(14-23)29-15-19-11-20(16-29)13-21(12-19)17-29/h4-8,10,14,19-21H,1,9,11-13,15-17H2,2-3H3. The highest BCUT2D eigenvalue weighted by Crippen LogP contribution is 2.61. The summed E-state index contributed by atoms with van der Waals surface area (Å²) >= 11 is 0. The van der Waals surface area contributed by atoms with Crippen LogP contribution < -0.4 is 9.47 Å². The fraction of sp³-hybridized carbons (Fsp3) is 0.448. The van der Waals surface area contributed by atoms with Gasteiger partial charge in [-0.2, -0.15) is 0 Å². The van der Waals surface area contributed by atoms with Crippen LogP contribution in [0, 0.1) is 24.7 Å². The highest BCUT2D eigenvalue weighted by molar-refractivity contribution is 5.93. The highest BCUT2D eigenvalue weighted by Gasteiger charge is 2.52. The van der Waals surface area contributed by atoms with Crippen molar-refractivity contribution in [2.45, 2.75) is 50.9 Å². The molecule has 2 aromatic rings. The van der Waals surface area contributed by atoms with E-state index in [-0.39, 0.29) is 12.0 Å². The van der Waals surface area contributed by atoms with Gasteiger partial charge >= 0.3 is 11.9 Å². The molecule has 6 rings (SSSR count). The van der Waals surface area contributed by atoms with Crippen LogP contribution in [-0.2, 0) is 10.2 Å². The molecular weight excluding hydrogens is 428 g/mol. The second kappa shape index (κ2) is 8.94. The zero-order chi connectivity index (χ0) is 23.9. The van der Waals surface area contributed by atoms with E-state index in [0.717, 1.165) is 23.5 Å². The van der Waals surface area contributed by atoms with Gasteiger partial charge in [-0.3, -0.25) is 0 Å². The molecule has 0 aromatic heterocycles. The molecule has 0 N–H and O–H groups in total. The van der Waals surface area contributed by atoms with E-state index in [1.807, 2.05) is 19.1 Å². The second-order valence-electron chi connectivity index (χ2n) is 10.4. The summed E-state index contributed by atoms with van der Waals surface area (Å²) < 4.78 is 16.6. The molecule has 4 fully saturated rings. The van der Waals surface area contributed by atoms with E-state index in [9.17, 15) is 9.59 Å². The zero-order valence-corrected chi connectivity index (χ0v) is 20.0. The van der Waals surface area contributed by atoms with E-state index in [1.54, 1.807) is 31.4 Å². The quantitative estimate of drug-likeness (QED) is 0.287. The topological polar surface area (TPSA) is 61.8 Å². The normalized spacial score (nSPS) is 26.7. The Labute approximate surface area is 201 Å². The van der Waals surface area contributed by atoms with E-state index in [0.29, 0.717) is 22.4 Å². The van der Waals surface area contributed by atoms with Crippen molar-refractivity contribution in [3.8, 4) is 11.5 Å². The number of aryl methyl sites for hydroxylation is 1. The Bertz CT molecular complexity index is 1100. The van der Waals surface area contributed by atoms with E-state index in [2.05, 4.69) is 6.58 Å². The average Bonchev–Trinajstić information content (AvgIpc) is 2.82. The molecule has 4 saturated carbocycles. The first-order chi connectivity index (χ1) is 16.4. The van der Waals surface area contributed by atoms with E-state index in [1.165, 1.54) is 50.2 Å². The lowest BCUT2D eigenvalue weighted by Crippen LogP contribution is -2.48. The van der Waals surface area contributed by atoms with Gasteiger partial charge in [-0.15, -0.1) is 0 Å². The number of hydrogen-bond donors (Lipinski definition) is 0. The van der Waals surface area contributed by atoms with Crippen LogP contribution in [0.1, 0.15) is 70.4 Å². The summed E-state index contributed by atoms with van der Waals surface area (Å²) in [5.74, 6) is 2.85. The van der Waals surface area contributed by atoms with Gasteiger partial charge in [-0.25, -0.2) is 9.59 Å². The molecule has 34 heavy (non-hydrogen) atoms. The number of methoxy groups -OCH3 is 1. The third-order valence-corrected chi connectivity index (χ3v) is 7.99. The van der Waals surface area contributed by atoms with Crippen molar-refractivity contribution in [2.75, 3.05) is 13.7 Å². The summed E-state index contributed by atoms with van der Waals surface area (Å²) in [6.45, 7) is 5.50. The number of hydrogen-bond acceptors (Lipinski definition) is 5. The van der Waals surface area contributed by atoms with Gasteiger partial charge in [0.05, 0.1) is 18.2 Å². The Morgan fingerprint density at radius 1 is 0.941 bits per heavy atom. The third-order valence-electron chi connectivity index (χ3n) is 7.99. The Balaban J connectivity index is 1.38. The number of carbonyl (C=O) groups is 2. The first-order valence-electron chi connectivity index (χ1n) is 12.2. The lowest BCUT2D eigenvalue weighted by Gasteiger charge is -2.57. The van der Waals surface area contributed by atoms with Gasteiger partial charge in [-0.1, -0.05) is 12.7 Å². The predicted octanol–water partition coefficient (Wildman–Crippen LogP) is 6.03. The van der Waals surface area contributed by atoms with Gasteiger partial charge in [0, 0.05) is 5.56 Å². The van der Waals surface area contributed by atoms with Crippen LogP contribution in [0.5, 0.6) is 11.5 Å². The van der Waals surface area contributed by atoms with Crippen LogP contribution in [0.4, 0.5) is 0 Å². The summed E-state index contributed by atoms with van der Waals surface area (Å²) in [5.41, 5.74) is 2.91. The summed E-state index contributed by atoms with van der Waals surface area (Å²) in [7, 11) is 1.71. The molecule has 4 bridgehead atoms. The molecule has 0 heterocycles. The maximum atomic E-state index is 13.1. The molecule has 0 atom stereocenters. The van der Waals surface area contributed by atoms with Crippen molar-refractivity contribution in [1.82, 2.24) is 0 Å². The minimum Gasteiger partial charge on any atom is -0.496 e. The first kappa shape index (κ1) is 22.7. The predicted molar refractivity (Wildman–Crippen MR) is 129 cm³/mol. The van der Waals surface area contributed by atoms with Gasteiger partial charge in [0.25, 0.3) is 0 Å². The molecule has 4 aliphatic rings. The zero-order valence-electron chi connectivity index (χ0n) is 20.0. The third kappa shape index (κ3) is 4.13. The highest BCUT2D eigenvalue weighted by atomic mass is 16.5. The maximum Gasteiger partial charge on any atom is 0.343 e. The van der Waals surface area contributed by atoms with Crippen LogP contribution in [0.15, 0.2) is 49.1 Å². The molecule has 0 unspecified atom stereocenters. The van der Waals surface area contributed by atoms with Gasteiger partial charge in [0.2, 0.25) is 0 Å². The largest absolute Gasteiger partial charge is 0.496 e. The van der Waals surface area contributed by atoms with Crippen LogP contribution in [0.3, 0.4) is 0 Å². The molecular formula is C29H32O5. The molecule has 4 aliphatic carbocycles. The molecule has 0 amide bonds. The molecule has 5 heteroatoms. The van der Waals surface area contributed by atoms with E-state index < -0.39 is 11.9 Å². The monoisotopic (exact) mass is 460 g/mol. The summed E-state index contributed by atoms with van der Waals surface area (Å²) in [6, 6.07) is 10.6. The average molecular weight is 461 g/mol. The van der Waals surface area contributed by atoms with Crippen molar-refractivity contribution in [2.24, 2.45) is 17.8 Å². The molecule has 0 aliphatic heterocycles. The van der Waals surface area contributed by atoms with E-state index in [4.69, 9.17) is 14.2 Å².